The van der Waals surface area contributed by atoms with Crippen LogP contribution in [0.25, 0.3) is 22.4 Å². The van der Waals surface area contributed by atoms with Crippen LogP contribution < -0.4 is 10.6 Å². The Hall–Kier alpha value is -3.27. The molecule has 2 fully saturated rings. The number of carbonyl (C=O) groups excluding carboxylic acids is 4. The molecule has 2 aliphatic rings. The highest BCUT2D eigenvalue weighted by Gasteiger charge is 2.36. The Balaban J connectivity index is 0.00000338. The zero-order valence-corrected chi connectivity index (χ0v) is 34.8. The highest BCUT2D eigenvalue weighted by Crippen LogP contribution is 2.34. The van der Waals surface area contributed by atoms with Gasteiger partial charge in [-0.25, -0.2) is 9.78 Å². The van der Waals surface area contributed by atoms with Crippen LogP contribution in [0.2, 0.25) is 0 Å². The molecule has 3 heterocycles. The van der Waals surface area contributed by atoms with Gasteiger partial charge in [-0.15, -0.1) is 0 Å². The van der Waals surface area contributed by atoms with Gasteiger partial charge in [-0.05, 0) is 59.9 Å². The Morgan fingerprint density at radius 3 is 1.98 bits per heavy atom. The lowest BCUT2D eigenvalue weighted by Crippen LogP contribution is -2.51. The monoisotopic (exact) mass is 792 g/mol. The first-order valence-corrected chi connectivity index (χ1v) is 17.0. The Morgan fingerprint density at radius 1 is 0.808 bits per heavy atom. The number of amides is 4. The first kappa shape index (κ1) is 46.8. The molecule has 0 unspecified atom stereocenters. The number of nitrogens with one attached hydrogen (secondary N) is 3. The molecular weight excluding hydrogens is 737 g/mol. The van der Waals surface area contributed by atoms with Gasteiger partial charge < -0.3 is 30.2 Å². The molecule has 52 heavy (non-hydrogen) atoms. The van der Waals surface area contributed by atoms with Crippen molar-refractivity contribution in [2.45, 2.75) is 72.0 Å². The lowest BCUT2D eigenvalue weighted by molar-refractivity contribution is -0.137. The van der Waals surface area contributed by atoms with Crippen molar-refractivity contribution >= 4 is 77.8 Å². The van der Waals surface area contributed by atoms with Gasteiger partial charge >= 0.3 is 6.09 Å². The minimum Gasteiger partial charge on any atom is -0.453 e. The van der Waals surface area contributed by atoms with E-state index in [2.05, 4.69) is 39.2 Å². The Labute approximate surface area is 335 Å². The number of likely N-dealkylation sites (tertiary alicyclic amines) is 2. The highest BCUT2D eigenvalue weighted by atomic mass is 32.1. The average molecular weight is 793 g/mol. The quantitative estimate of drug-likeness (QED) is 0.236. The van der Waals surface area contributed by atoms with Gasteiger partial charge in [-0.2, -0.15) is 54.0 Å². The number of imidazole rings is 1. The molecule has 3 N–H and O–H groups in total. The molecule has 0 saturated carbocycles. The fourth-order valence-electron chi connectivity index (χ4n) is 6.41. The molecule has 0 bridgehead atoms. The molecule has 2 aliphatic heterocycles. The Bertz CT molecular complexity index is 1620. The van der Waals surface area contributed by atoms with Gasteiger partial charge in [0.15, 0.2) is 0 Å². The number of nitrogens with zero attached hydrogens (tertiary/aromatic N) is 3. The maximum Gasteiger partial charge on any atom is 0.407 e. The van der Waals surface area contributed by atoms with Crippen LogP contribution >= 0.6 is 54.0 Å². The molecule has 2 aromatic carbocycles. The summed E-state index contributed by atoms with van der Waals surface area (Å²) < 4.78 is 4.67. The standard InChI is InChI=1S/C37H48N6O5.4H2S/c1-22(2)24(5)35(45)43-18-7-8-31(43)33-38-20-30(40-33)27-13-9-25(10-14-27)26-11-15-28(16-12-26)34(44)39-29-17-19-42(21-29)36(46)32(23(3)4)41-37(47)48-6;;;;/h9-16,20,22-24,29,31-32H,7-8,17-19,21H2,1-6H3,(H,38,40)(H,39,44)(H,41,47);4*1H2/t24-,29-,31-,32-;;;;/m0..../s1. The number of carbonyl (C=O) groups is 4. The third-order valence-corrected chi connectivity index (χ3v) is 9.74. The average Bonchev–Trinajstić information content (AvgIpc) is 3.87. The van der Waals surface area contributed by atoms with E-state index in [1.165, 1.54) is 7.11 Å². The van der Waals surface area contributed by atoms with E-state index in [4.69, 9.17) is 0 Å². The van der Waals surface area contributed by atoms with Gasteiger partial charge in [-0.3, -0.25) is 14.4 Å². The number of benzene rings is 2. The minimum atomic E-state index is -0.691. The van der Waals surface area contributed by atoms with E-state index in [9.17, 15) is 19.2 Å². The molecule has 2 saturated heterocycles. The van der Waals surface area contributed by atoms with Crippen molar-refractivity contribution < 1.29 is 23.9 Å². The molecule has 1 aromatic heterocycles. The summed E-state index contributed by atoms with van der Waals surface area (Å²) in [7, 11) is 1.27. The molecule has 288 valence electrons. The summed E-state index contributed by atoms with van der Waals surface area (Å²) >= 11 is 0. The van der Waals surface area contributed by atoms with Gasteiger partial charge in [-0.1, -0.05) is 71.0 Å². The predicted molar refractivity (Wildman–Crippen MR) is 225 cm³/mol. The van der Waals surface area contributed by atoms with E-state index in [-0.39, 0.29) is 95.6 Å². The Kier molecular flexibility index (Phi) is 18.7. The molecule has 15 heteroatoms. The number of rotatable bonds is 10. The molecule has 0 spiro atoms. The number of ether oxygens (including phenoxy) is 1. The molecule has 4 amide bonds. The number of alkyl carbamates (subject to hydrolysis) is 1. The van der Waals surface area contributed by atoms with Gasteiger partial charge in [0.05, 0.1) is 25.0 Å². The number of hydrogen-bond donors (Lipinski definition) is 3. The number of aromatic nitrogens is 2. The van der Waals surface area contributed by atoms with Crippen molar-refractivity contribution in [2.24, 2.45) is 17.8 Å². The molecule has 0 aliphatic carbocycles. The third kappa shape index (κ3) is 10.9. The number of aromatic amines is 1. The summed E-state index contributed by atoms with van der Waals surface area (Å²) in [5, 5.41) is 5.67. The van der Waals surface area contributed by atoms with Crippen molar-refractivity contribution in [2.75, 3.05) is 26.7 Å². The van der Waals surface area contributed by atoms with Crippen LogP contribution in [0.15, 0.2) is 54.7 Å². The van der Waals surface area contributed by atoms with Crippen LogP contribution in [-0.2, 0) is 14.3 Å². The molecular formula is C37H56N6O5S4. The summed E-state index contributed by atoms with van der Waals surface area (Å²) in [5.74, 6) is 0.817. The van der Waals surface area contributed by atoms with Crippen LogP contribution in [0.5, 0.6) is 0 Å². The maximum atomic E-state index is 13.1. The van der Waals surface area contributed by atoms with Gasteiger partial charge in [0.1, 0.15) is 11.9 Å². The molecule has 11 nitrogen and oxygen atoms in total. The molecule has 3 aromatic rings. The van der Waals surface area contributed by atoms with Crippen LogP contribution in [0.3, 0.4) is 0 Å². The number of hydrogen-bond acceptors (Lipinski definition) is 6. The third-order valence-electron chi connectivity index (χ3n) is 9.74. The zero-order valence-electron chi connectivity index (χ0n) is 30.8. The van der Waals surface area contributed by atoms with Crippen LogP contribution in [0, 0.1) is 17.8 Å². The second-order valence-corrected chi connectivity index (χ2v) is 13.7. The highest BCUT2D eigenvalue weighted by molar-refractivity contribution is 7.59. The minimum absolute atomic E-state index is 0. The second-order valence-electron chi connectivity index (χ2n) is 13.7. The molecule has 4 atom stereocenters. The smallest absolute Gasteiger partial charge is 0.407 e. The van der Waals surface area contributed by atoms with Crippen molar-refractivity contribution in [1.29, 1.82) is 0 Å². The molecule has 5 rings (SSSR count). The molecule has 0 radical (unpaired) electrons. The SMILES string of the molecule is COC(=O)N[C@H](C(=O)N1CC[C@H](NC(=O)c2ccc(-c3ccc(-c4cnc([C@@H]5CCCN5C(=O)[C@@H](C)C(C)C)[nH]4)cc3)cc2)C1)C(C)C.S.S.S.S. The lowest BCUT2D eigenvalue weighted by atomic mass is 9.96. The van der Waals surface area contributed by atoms with Crippen molar-refractivity contribution in [3.63, 3.8) is 0 Å². The van der Waals surface area contributed by atoms with E-state index in [0.717, 1.165) is 47.6 Å². The van der Waals surface area contributed by atoms with Crippen LogP contribution in [-0.4, -0.2) is 82.4 Å². The largest absolute Gasteiger partial charge is 0.453 e. The normalized spacial score (nSPS) is 17.5. The zero-order chi connectivity index (χ0) is 34.5. The first-order chi connectivity index (χ1) is 23.0. The van der Waals surface area contributed by atoms with E-state index in [1.54, 1.807) is 4.90 Å². The van der Waals surface area contributed by atoms with E-state index >= 15 is 0 Å². The first-order valence-electron chi connectivity index (χ1n) is 17.0. The summed E-state index contributed by atoms with van der Waals surface area (Å²) in [6.45, 7) is 11.6. The van der Waals surface area contributed by atoms with Gasteiger partial charge in [0.2, 0.25) is 11.8 Å². The fourth-order valence-corrected chi connectivity index (χ4v) is 6.41. The number of methoxy groups -OCH3 is 1. The van der Waals surface area contributed by atoms with Crippen molar-refractivity contribution in [3.8, 4) is 22.4 Å². The van der Waals surface area contributed by atoms with E-state index < -0.39 is 12.1 Å². The number of H-pyrrole nitrogens is 1. The summed E-state index contributed by atoms with van der Waals surface area (Å²) in [6.07, 6.45) is 3.71. The summed E-state index contributed by atoms with van der Waals surface area (Å²) in [5.41, 5.74) is 4.46. The van der Waals surface area contributed by atoms with Crippen LogP contribution in [0.1, 0.15) is 76.1 Å². The van der Waals surface area contributed by atoms with E-state index in [1.807, 2.05) is 80.4 Å². The van der Waals surface area contributed by atoms with E-state index in [0.29, 0.717) is 31.0 Å². The summed E-state index contributed by atoms with van der Waals surface area (Å²) in [6, 6.07) is 14.8. The second kappa shape index (κ2) is 20.8. The van der Waals surface area contributed by atoms with Gasteiger partial charge in [0, 0.05) is 37.2 Å². The van der Waals surface area contributed by atoms with Crippen molar-refractivity contribution in [1.82, 2.24) is 30.4 Å². The van der Waals surface area contributed by atoms with Gasteiger partial charge in [0.25, 0.3) is 5.91 Å². The van der Waals surface area contributed by atoms with Crippen LogP contribution in [0.4, 0.5) is 4.79 Å². The topological polar surface area (TPSA) is 137 Å². The maximum absolute atomic E-state index is 13.1. The lowest BCUT2D eigenvalue weighted by Gasteiger charge is -2.27. The fraction of sp³-hybridized carbons (Fsp3) is 0.486. The van der Waals surface area contributed by atoms with Crippen molar-refractivity contribution in [3.05, 3.63) is 66.1 Å². The predicted octanol–water partition coefficient (Wildman–Crippen LogP) is 5.86. The Morgan fingerprint density at radius 2 is 1.40 bits per heavy atom. The summed E-state index contributed by atoms with van der Waals surface area (Å²) in [4.78, 5) is 62.7.